The number of allylic oxidation sites excluding steroid dienone is 1. The molecule has 8 heteroatoms. The summed E-state index contributed by atoms with van der Waals surface area (Å²) in [6.45, 7) is 1.13. The van der Waals surface area contributed by atoms with Gasteiger partial charge in [-0.3, -0.25) is 9.69 Å². The van der Waals surface area contributed by atoms with Gasteiger partial charge in [-0.15, -0.1) is 0 Å². The zero-order valence-electron chi connectivity index (χ0n) is 15.8. The van der Waals surface area contributed by atoms with Gasteiger partial charge in [-0.25, -0.2) is 13.2 Å². The Hall–Kier alpha value is -2.32. The third kappa shape index (κ3) is 3.44. The zero-order chi connectivity index (χ0) is 20.1. The summed E-state index contributed by atoms with van der Waals surface area (Å²) in [5.74, 6) is -3.40. The third-order valence-electron chi connectivity index (χ3n) is 6.30. The average Bonchev–Trinajstić information content (AvgIpc) is 3.07. The molecule has 1 aromatic carbocycles. The van der Waals surface area contributed by atoms with Crippen molar-refractivity contribution in [2.45, 2.75) is 50.6 Å². The van der Waals surface area contributed by atoms with Crippen molar-refractivity contribution < 1.29 is 22.7 Å². The predicted molar refractivity (Wildman–Crippen MR) is 98.7 cm³/mol. The number of fused-ring (bicyclic) bond motifs is 5. The first-order valence-electron chi connectivity index (χ1n) is 9.97. The second kappa shape index (κ2) is 7.18. The molecular weight excluding hydrogens is 383 g/mol. The fraction of sp³-hybridized carbons (Fsp3) is 0.476. The van der Waals surface area contributed by atoms with Gasteiger partial charge in [-0.05, 0) is 25.7 Å². The van der Waals surface area contributed by atoms with Crippen LogP contribution in [-0.4, -0.2) is 47.2 Å². The van der Waals surface area contributed by atoms with Crippen LogP contribution in [-0.2, 0) is 16.1 Å². The average molecular weight is 405 g/mol. The molecule has 5 rings (SSSR count). The van der Waals surface area contributed by atoms with Gasteiger partial charge in [0.15, 0.2) is 0 Å². The first-order chi connectivity index (χ1) is 14.0. The molecule has 1 saturated carbocycles. The summed E-state index contributed by atoms with van der Waals surface area (Å²) in [4.78, 5) is 17.0. The summed E-state index contributed by atoms with van der Waals surface area (Å²) in [5, 5.41) is 2.54. The topological polar surface area (TPSA) is 44.8 Å². The van der Waals surface area contributed by atoms with Crippen LogP contribution in [0.1, 0.15) is 31.2 Å². The minimum Gasteiger partial charge on any atom is -0.358 e. The van der Waals surface area contributed by atoms with Crippen LogP contribution in [0.25, 0.3) is 0 Å². The van der Waals surface area contributed by atoms with Crippen LogP contribution in [0.3, 0.4) is 0 Å². The SMILES string of the molecule is O=C(NCc1c(F)cc(F)cc1F)C1=CN2CC3OC4CCC(C4)N3CC2=CC1. The fourth-order valence-electron chi connectivity index (χ4n) is 4.78. The number of hydrogen-bond donors (Lipinski definition) is 1. The third-order valence-corrected chi connectivity index (χ3v) is 6.30. The molecule has 1 N–H and O–H groups in total. The lowest BCUT2D eigenvalue weighted by molar-refractivity contribution is -0.153. The van der Waals surface area contributed by atoms with Crippen molar-refractivity contribution in [2.24, 2.45) is 0 Å². The Balaban J connectivity index is 1.25. The van der Waals surface area contributed by atoms with E-state index in [0.717, 1.165) is 25.1 Å². The maximum atomic E-state index is 13.8. The van der Waals surface area contributed by atoms with Crippen LogP contribution in [0.4, 0.5) is 13.2 Å². The number of benzene rings is 1. The van der Waals surface area contributed by atoms with E-state index >= 15 is 0 Å². The van der Waals surface area contributed by atoms with E-state index < -0.39 is 23.4 Å². The fourth-order valence-corrected chi connectivity index (χ4v) is 4.78. The normalized spacial score (nSPS) is 28.4. The standard InChI is InChI=1S/C21H22F3N3O2/c22-13-5-18(23)17(19(24)6-13)8-25-21(28)12-1-2-15-10-27-14-3-4-16(7-14)29-20(27)11-26(15)9-12/h2,5-6,9,14,16,20H,1,3-4,7-8,10-11H2,(H,25,28). The van der Waals surface area contributed by atoms with E-state index in [9.17, 15) is 18.0 Å². The summed E-state index contributed by atoms with van der Waals surface area (Å²) < 4.78 is 46.7. The highest BCUT2D eigenvalue weighted by molar-refractivity contribution is 5.93. The number of rotatable bonds is 3. The number of amides is 1. The number of nitrogens with zero attached hydrogens (tertiary/aromatic N) is 2. The Kier molecular flexibility index (Phi) is 4.63. The summed E-state index contributed by atoms with van der Waals surface area (Å²) in [5.41, 5.74) is 1.32. The molecule has 154 valence electrons. The second-order valence-electron chi connectivity index (χ2n) is 8.09. The lowest BCUT2D eigenvalue weighted by atomic mass is 10.0. The van der Waals surface area contributed by atoms with E-state index in [-0.39, 0.29) is 18.3 Å². The van der Waals surface area contributed by atoms with Crippen LogP contribution in [0, 0.1) is 17.5 Å². The van der Waals surface area contributed by atoms with Crippen molar-refractivity contribution in [3.05, 3.63) is 58.7 Å². The Bertz CT molecular complexity index is 893. The molecule has 0 spiro atoms. The van der Waals surface area contributed by atoms with Gasteiger partial charge in [-0.2, -0.15) is 0 Å². The van der Waals surface area contributed by atoms with Gasteiger partial charge in [0, 0.05) is 54.3 Å². The van der Waals surface area contributed by atoms with Gasteiger partial charge in [-0.1, -0.05) is 6.08 Å². The minimum absolute atomic E-state index is 0.0273. The monoisotopic (exact) mass is 405 g/mol. The molecule has 3 fully saturated rings. The maximum Gasteiger partial charge on any atom is 0.249 e. The highest BCUT2D eigenvalue weighted by Crippen LogP contribution is 2.38. The highest BCUT2D eigenvalue weighted by atomic mass is 19.1. The van der Waals surface area contributed by atoms with Crippen LogP contribution in [0.2, 0.25) is 0 Å². The molecule has 3 heterocycles. The number of nitrogens with one attached hydrogen (secondary N) is 1. The van der Waals surface area contributed by atoms with Crippen molar-refractivity contribution in [3.63, 3.8) is 0 Å². The van der Waals surface area contributed by atoms with E-state index in [4.69, 9.17) is 4.74 Å². The number of carbonyl (C=O) groups excluding carboxylic acids is 1. The largest absolute Gasteiger partial charge is 0.358 e. The lowest BCUT2D eigenvalue weighted by Crippen LogP contribution is -2.58. The molecule has 2 saturated heterocycles. The van der Waals surface area contributed by atoms with Crippen LogP contribution in [0.15, 0.2) is 35.7 Å². The van der Waals surface area contributed by atoms with E-state index in [2.05, 4.69) is 10.2 Å². The molecule has 3 atom stereocenters. The molecule has 0 radical (unpaired) electrons. The van der Waals surface area contributed by atoms with Crippen molar-refractivity contribution >= 4 is 5.91 Å². The molecule has 4 aliphatic rings. The van der Waals surface area contributed by atoms with Crippen molar-refractivity contribution in [3.8, 4) is 0 Å². The Labute approximate surface area is 166 Å². The van der Waals surface area contributed by atoms with Gasteiger partial charge in [0.1, 0.15) is 23.7 Å². The number of ether oxygens (including phenoxy) is 1. The highest BCUT2D eigenvalue weighted by Gasteiger charge is 2.44. The predicted octanol–water partition coefficient (Wildman–Crippen LogP) is 2.79. The van der Waals surface area contributed by atoms with E-state index in [0.29, 0.717) is 42.8 Å². The first kappa shape index (κ1) is 18.7. The molecule has 0 aromatic heterocycles. The molecule has 5 nitrogen and oxygen atoms in total. The smallest absolute Gasteiger partial charge is 0.249 e. The van der Waals surface area contributed by atoms with E-state index in [1.165, 1.54) is 6.42 Å². The zero-order valence-corrected chi connectivity index (χ0v) is 15.8. The molecular formula is C21H22F3N3O2. The Morgan fingerprint density at radius 2 is 2.00 bits per heavy atom. The lowest BCUT2D eigenvalue weighted by Gasteiger charge is -2.48. The molecule has 3 aliphatic heterocycles. The van der Waals surface area contributed by atoms with Crippen molar-refractivity contribution in [1.29, 1.82) is 0 Å². The summed E-state index contributed by atoms with van der Waals surface area (Å²) >= 11 is 0. The summed E-state index contributed by atoms with van der Waals surface area (Å²) in [7, 11) is 0. The molecule has 1 aliphatic carbocycles. The Morgan fingerprint density at radius 1 is 1.21 bits per heavy atom. The summed E-state index contributed by atoms with van der Waals surface area (Å²) in [6, 6.07) is 1.79. The number of carbonyl (C=O) groups is 1. The summed E-state index contributed by atoms with van der Waals surface area (Å²) in [6.07, 6.45) is 8.04. The number of hydrogen-bond acceptors (Lipinski definition) is 4. The molecule has 29 heavy (non-hydrogen) atoms. The van der Waals surface area contributed by atoms with Crippen LogP contribution in [0.5, 0.6) is 0 Å². The Morgan fingerprint density at radius 3 is 2.79 bits per heavy atom. The van der Waals surface area contributed by atoms with Crippen molar-refractivity contribution in [2.75, 3.05) is 13.1 Å². The molecule has 2 bridgehead atoms. The van der Waals surface area contributed by atoms with Gasteiger partial charge >= 0.3 is 0 Å². The number of halogens is 3. The number of piperazine rings is 1. The molecule has 1 amide bonds. The van der Waals surface area contributed by atoms with Gasteiger partial charge < -0.3 is 15.0 Å². The van der Waals surface area contributed by atoms with Gasteiger partial charge in [0.25, 0.3) is 0 Å². The van der Waals surface area contributed by atoms with Crippen molar-refractivity contribution in [1.82, 2.24) is 15.1 Å². The minimum atomic E-state index is -1.01. The molecule has 3 unspecified atom stereocenters. The molecule has 1 aromatic rings. The quantitative estimate of drug-likeness (QED) is 0.840. The maximum absolute atomic E-state index is 13.8. The first-order valence-corrected chi connectivity index (χ1v) is 9.97. The van der Waals surface area contributed by atoms with Gasteiger partial charge in [0.2, 0.25) is 5.91 Å². The van der Waals surface area contributed by atoms with Crippen LogP contribution < -0.4 is 5.32 Å². The van der Waals surface area contributed by atoms with Gasteiger partial charge in [0.05, 0.1) is 12.6 Å². The van der Waals surface area contributed by atoms with E-state index in [1.54, 1.807) is 6.20 Å². The second-order valence-corrected chi connectivity index (χ2v) is 8.09. The van der Waals surface area contributed by atoms with Crippen LogP contribution >= 0.6 is 0 Å². The van der Waals surface area contributed by atoms with E-state index in [1.807, 2.05) is 11.0 Å².